The summed E-state index contributed by atoms with van der Waals surface area (Å²) in [5.74, 6) is 1.47. The predicted molar refractivity (Wildman–Crippen MR) is 60.6 cm³/mol. The second-order valence-electron chi connectivity index (χ2n) is 6.47. The molecule has 0 radical (unpaired) electrons. The Morgan fingerprint density at radius 1 is 1.20 bits per heavy atom. The van der Waals surface area contributed by atoms with E-state index in [-0.39, 0.29) is 17.8 Å². The molecule has 0 bridgehead atoms. The van der Waals surface area contributed by atoms with Crippen molar-refractivity contribution in [1.29, 1.82) is 0 Å². The maximum absolute atomic E-state index is 10.2. The van der Waals surface area contributed by atoms with Gasteiger partial charge in [-0.1, -0.05) is 13.8 Å². The quantitative estimate of drug-likeness (QED) is 0.762. The molecule has 1 N–H and O–H groups in total. The van der Waals surface area contributed by atoms with Crippen molar-refractivity contribution in [3.63, 3.8) is 0 Å². The van der Waals surface area contributed by atoms with Crippen LogP contribution in [0.25, 0.3) is 0 Å². The molecule has 0 saturated heterocycles. The minimum absolute atomic E-state index is 0.197. The van der Waals surface area contributed by atoms with Crippen molar-refractivity contribution < 1.29 is 9.84 Å². The second-order valence-corrected chi connectivity index (χ2v) is 6.47. The van der Waals surface area contributed by atoms with E-state index >= 15 is 0 Å². The molecule has 2 aliphatic carbocycles. The van der Waals surface area contributed by atoms with Gasteiger partial charge in [0.2, 0.25) is 0 Å². The lowest BCUT2D eigenvalue weighted by atomic mass is 9.83. The third kappa shape index (κ3) is 1.72. The average molecular weight is 212 g/mol. The molecule has 88 valence electrons. The van der Waals surface area contributed by atoms with Crippen molar-refractivity contribution in [2.75, 3.05) is 0 Å². The molecule has 2 saturated carbocycles. The first kappa shape index (κ1) is 11.4. The third-order valence-corrected chi connectivity index (χ3v) is 4.60. The Hall–Kier alpha value is -0.0800. The highest BCUT2D eigenvalue weighted by Crippen LogP contribution is 2.66. The van der Waals surface area contributed by atoms with Crippen molar-refractivity contribution >= 4 is 0 Å². The number of aliphatic hydroxyl groups excluding tert-OH is 1. The van der Waals surface area contributed by atoms with Crippen LogP contribution in [-0.4, -0.2) is 22.9 Å². The Morgan fingerprint density at radius 3 is 2.33 bits per heavy atom. The number of hydrogen-bond acceptors (Lipinski definition) is 2. The van der Waals surface area contributed by atoms with Crippen LogP contribution in [-0.2, 0) is 4.74 Å². The molecule has 0 heterocycles. The van der Waals surface area contributed by atoms with E-state index in [1.165, 1.54) is 0 Å². The molecule has 2 nitrogen and oxygen atoms in total. The lowest BCUT2D eigenvalue weighted by molar-refractivity contribution is -0.155. The minimum Gasteiger partial charge on any atom is -0.390 e. The molecule has 4 atom stereocenters. The summed E-state index contributed by atoms with van der Waals surface area (Å²) in [4.78, 5) is 0. The van der Waals surface area contributed by atoms with Gasteiger partial charge in [-0.3, -0.25) is 0 Å². The van der Waals surface area contributed by atoms with E-state index in [0.29, 0.717) is 5.41 Å². The lowest BCUT2D eigenvalue weighted by Gasteiger charge is -2.39. The molecule has 2 rings (SSSR count). The summed E-state index contributed by atoms with van der Waals surface area (Å²) in [6.45, 7) is 10.8. The van der Waals surface area contributed by atoms with Crippen molar-refractivity contribution in [2.45, 2.75) is 65.3 Å². The third-order valence-electron chi connectivity index (χ3n) is 4.60. The molecule has 0 spiro atoms. The Labute approximate surface area is 93.0 Å². The Kier molecular flexibility index (Phi) is 2.44. The van der Waals surface area contributed by atoms with Crippen molar-refractivity contribution in [3.05, 3.63) is 0 Å². The standard InChI is InChI=1S/C13H24O2/c1-8(2)15-13(5)7-10-9(6-11(13)14)12(10,3)4/h8-11,14H,6-7H2,1-5H3/t9-,10+,11-,13-/m1/s1. The first-order valence-electron chi connectivity index (χ1n) is 6.13. The molecule has 2 aliphatic rings. The second kappa shape index (κ2) is 3.21. The Bertz CT molecular complexity index is 259. The Morgan fingerprint density at radius 2 is 1.80 bits per heavy atom. The summed E-state index contributed by atoms with van der Waals surface area (Å²) >= 11 is 0. The predicted octanol–water partition coefficient (Wildman–Crippen LogP) is 2.60. The fourth-order valence-electron chi connectivity index (χ4n) is 3.46. The monoisotopic (exact) mass is 212 g/mol. The average Bonchev–Trinajstić information content (AvgIpc) is 2.53. The molecule has 2 fully saturated rings. The minimum atomic E-state index is -0.316. The molecule has 0 unspecified atom stereocenters. The van der Waals surface area contributed by atoms with Gasteiger partial charge in [-0.25, -0.2) is 0 Å². The maximum atomic E-state index is 10.2. The topological polar surface area (TPSA) is 29.5 Å². The van der Waals surface area contributed by atoms with Crippen LogP contribution in [0.5, 0.6) is 0 Å². The van der Waals surface area contributed by atoms with Gasteiger partial charge in [-0.2, -0.15) is 0 Å². The van der Waals surface area contributed by atoms with E-state index in [1.54, 1.807) is 0 Å². The number of hydrogen-bond donors (Lipinski definition) is 1. The van der Waals surface area contributed by atoms with E-state index in [1.807, 2.05) is 13.8 Å². The molecular weight excluding hydrogens is 188 g/mol. The van der Waals surface area contributed by atoms with Crippen LogP contribution in [0.2, 0.25) is 0 Å². The van der Waals surface area contributed by atoms with Gasteiger partial charge in [0.1, 0.15) is 0 Å². The summed E-state index contributed by atoms with van der Waals surface area (Å²) < 4.78 is 5.93. The van der Waals surface area contributed by atoms with Gasteiger partial charge in [-0.15, -0.1) is 0 Å². The van der Waals surface area contributed by atoms with Crippen LogP contribution in [0.3, 0.4) is 0 Å². The summed E-state index contributed by atoms with van der Waals surface area (Å²) in [6.07, 6.45) is 1.84. The van der Waals surface area contributed by atoms with Gasteiger partial charge in [0, 0.05) is 0 Å². The normalized spacial score (nSPS) is 47.8. The van der Waals surface area contributed by atoms with Gasteiger partial charge in [0.15, 0.2) is 0 Å². The number of aliphatic hydroxyl groups is 1. The van der Waals surface area contributed by atoms with Crippen LogP contribution >= 0.6 is 0 Å². The summed E-state index contributed by atoms with van der Waals surface area (Å²) in [6, 6.07) is 0. The fourth-order valence-corrected chi connectivity index (χ4v) is 3.46. The SMILES string of the molecule is CC(C)O[C@]1(C)C[C@H]2[C@@H](C[C@H]1O)C2(C)C. The van der Waals surface area contributed by atoms with Crippen molar-refractivity contribution in [2.24, 2.45) is 17.3 Å². The van der Waals surface area contributed by atoms with E-state index in [2.05, 4.69) is 20.8 Å². The highest BCUT2D eigenvalue weighted by atomic mass is 16.5. The molecule has 0 aromatic rings. The number of rotatable bonds is 2. The van der Waals surface area contributed by atoms with E-state index < -0.39 is 0 Å². The van der Waals surface area contributed by atoms with Crippen LogP contribution in [0, 0.1) is 17.3 Å². The number of ether oxygens (including phenoxy) is 1. The zero-order chi connectivity index (χ0) is 11.4. The number of fused-ring (bicyclic) bond motifs is 1. The first-order chi connectivity index (χ1) is 6.77. The van der Waals surface area contributed by atoms with Crippen LogP contribution in [0.1, 0.15) is 47.5 Å². The molecule has 0 amide bonds. The molecule has 0 aromatic carbocycles. The molecule has 0 aliphatic heterocycles. The largest absolute Gasteiger partial charge is 0.390 e. The zero-order valence-electron chi connectivity index (χ0n) is 10.6. The van der Waals surface area contributed by atoms with Crippen LogP contribution in [0.4, 0.5) is 0 Å². The van der Waals surface area contributed by atoms with E-state index in [0.717, 1.165) is 24.7 Å². The lowest BCUT2D eigenvalue weighted by Crippen LogP contribution is -2.46. The highest BCUT2D eigenvalue weighted by Gasteiger charge is 2.64. The fraction of sp³-hybridized carbons (Fsp3) is 1.00. The zero-order valence-corrected chi connectivity index (χ0v) is 10.6. The first-order valence-corrected chi connectivity index (χ1v) is 6.13. The molecule has 0 aromatic heterocycles. The summed E-state index contributed by atoms with van der Waals surface area (Å²) in [5.41, 5.74) is 0.113. The van der Waals surface area contributed by atoms with Crippen LogP contribution < -0.4 is 0 Å². The van der Waals surface area contributed by atoms with Crippen molar-refractivity contribution in [3.8, 4) is 0 Å². The molecule has 15 heavy (non-hydrogen) atoms. The summed E-state index contributed by atoms with van der Waals surface area (Å²) in [7, 11) is 0. The van der Waals surface area contributed by atoms with E-state index in [4.69, 9.17) is 4.74 Å². The maximum Gasteiger partial charge on any atom is 0.0918 e. The van der Waals surface area contributed by atoms with Crippen molar-refractivity contribution in [1.82, 2.24) is 0 Å². The van der Waals surface area contributed by atoms with Gasteiger partial charge in [0.25, 0.3) is 0 Å². The highest BCUT2D eigenvalue weighted by molar-refractivity contribution is 5.13. The van der Waals surface area contributed by atoms with Gasteiger partial charge >= 0.3 is 0 Å². The van der Waals surface area contributed by atoms with Gasteiger partial charge in [-0.05, 0) is 50.9 Å². The Balaban J connectivity index is 2.08. The van der Waals surface area contributed by atoms with E-state index in [9.17, 15) is 5.11 Å². The molecular formula is C13H24O2. The van der Waals surface area contributed by atoms with Crippen LogP contribution in [0.15, 0.2) is 0 Å². The van der Waals surface area contributed by atoms with Gasteiger partial charge in [0.05, 0.1) is 17.8 Å². The summed E-state index contributed by atoms with van der Waals surface area (Å²) in [5, 5.41) is 10.2. The molecule has 2 heteroatoms. The van der Waals surface area contributed by atoms with Gasteiger partial charge < -0.3 is 9.84 Å². The smallest absolute Gasteiger partial charge is 0.0918 e.